The zero-order valence-electron chi connectivity index (χ0n) is 11.5. The molecule has 4 nitrogen and oxygen atoms in total. The number of nitrogens with one attached hydrogen (secondary N) is 1. The number of hydrogen-bond acceptors (Lipinski definition) is 3. The van der Waals surface area contributed by atoms with Gasteiger partial charge in [0.25, 0.3) is 0 Å². The molecule has 0 bridgehead atoms. The van der Waals surface area contributed by atoms with Gasteiger partial charge in [0.2, 0.25) is 5.91 Å². The second kappa shape index (κ2) is 9.16. The van der Waals surface area contributed by atoms with E-state index in [0.29, 0.717) is 13.0 Å². The number of halogens is 2. The molecule has 0 unspecified atom stereocenters. The van der Waals surface area contributed by atoms with Gasteiger partial charge in [0.1, 0.15) is 0 Å². The summed E-state index contributed by atoms with van der Waals surface area (Å²) in [6.45, 7) is 0.550. The molecule has 20 heavy (non-hydrogen) atoms. The van der Waals surface area contributed by atoms with Crippen LogP contribution in [0.15, 0.2) is 24.5 Å². The van der Waals surface area contributed by atoms with Crippen LogP contribution in [0, 0.1) is 0 Å². The first-order valence-corrected chi connectivity index (χ1v) is 6.64. The molecule has 1 aliphatic rings. The van der Waals surface area contributed by atoms with Crippen LogP contribution in [0.3, 0.4) is 0 Å². The molecule has 1 saturated carbocycles. The third kappa shape index (κ3) is 5.27. The normalized spacial score (nSPS) is 15.8. The van der Waals surface area contributed by atoms with E-state index >= 15 is 0 Å². The second-order valence-electron chi connectivity index (χ2n) is 5.10. The molecular formula is C14H23Cl2N3O. The highest BCUT2D eigenvalue weighted by Crippen LogP contribution is 2.28. The average molecular weight is 320 g/mol. The fraction of sp³-hybridized carbons (Fsp3) is 0.571. The summed E-state index contributed by atoms with van der Waals surface area (Å²) in [5.74, 6) is 0.110. The first-order valence-electron chi connectivity index (χ1n) is 6.64. The summed E-state index contributed by atoms with van der Waals surface area (Å²) in [7, 11) is 0. The standard InChI is InChI=1S/C14H21N3O.2ClH/c15-11-14(7-1-2-8-14)17-13(18)4-3-12-5-9-16-10-6-12;;/h5-6,9-10H,1-4,7-8,11,15H2,(H,17,18);2*1H. The number of aryl methyl sites for hydroxylation is 1. The molecule has 3 N–H and O–H groups in total. The van der Waals surface area contributed by atoms with Gasteiger partial charge < -0.3 is 11.1 Å². The van der Waals surface area contributed by atoms with E-state index in [1.807, 2.05) is 12.1 Å². The van der Waals surface area contributed by atoms with E-state index in [-0.39, 0.29) is 36.3 Å². The molecule has 1 heterocycles. The van der Waals surface area contributed by atoms with E-state index in [9.17, 15) is 4.79 Å². The molecule has 0 saturated heterocycles. The zero-order chi connectivity index (χ0) is 12.8. The molecule has 1 amide bonds. The lowest BCUT2D eigenvalue weighted by molar-refractivity contribution is -0.122. The van der Waals surface area contributed by atoms with Crippen LogP contribution in [0.1, 0.15) is 37.7 Å². The highest BCUT2D eigenvalue weighted by molar-refractivity contribution is 5.85. The minimum absolute atomic E-state index is 0. The molecule has 0 radical (unpaired) electrons. The van der Waals surface area contributed by atoms with Gasteiger partial charge in [0.05, 0.1) is 5.54 Å². The smallest absolute Gasteiger partial charge is 0.220 e. The molecule has 0 spiro atoms. The highest BCUT2D eigenvalue weighted by Gasteiger charge is 2.33. The lowest BCUT2D eigenvalue weighted by Crippen LogP contribution is -2.51. The Labute approximate surface area is 132 Å². The minimum atomic E-state index is -0.130. The monoisotopic (exact) mass is 319 g/mol. The Morgan fingerprint density at radius 2 is 1.85 bits per heavy atom. The summed E-state index contributed by atoms with van der Waals surface area (Å²) in [6.07, 6.45) is 9.16. The fourth-order valence-corrected chi connectivity index (χ4v) is 2.60. The molecule has 0 aliphatic heterocycles. The number of nitrogens with zero attached hydrogens (tertiary/aromatic N) is 1. The van der Waals surface area contributed by atoms with Crippen LogP contribution in [0.5, 0.6) is 0 Å². The first-order chi connectivity index (χ1) is 8.74. The zero-order valence-corrected chi connectivity index (χ0v) is 13.1. The Kier molecular flexibility index (Phi) is 8.78. The molecule has 1 fully saturated rings. The van der Waals surface area contributed by atoms with E-state index < -0.39 is 0 Å². The van der Waals surface area contributed by atoms with Crippen LogP contribution in [-0.2, 0) is 11.2 Å². The third-order valence-electron chi connectivity index (χ3n) is 3.75. The van der Waals surface area contributed by atoms with E-state index in [1.165, 1.54) is 12.8 Å². The molecular weight excluding hydrogens is 297 g/mol. The predicted molar refractivity (Wildman–Crippen MR) is 85.5 cm³/mol. The summed E-state index contributed by atoms with van der Waals surface area (Å²) in [5, 5.41) is 3.13. The number of hydrogen-bond donors (Lipinski definition) is 2. The van der Waals surface area contributed by atoms with Crippen molar-refractivity contribution < 1.29 is 4.79 Å². The SMILES string of the molecule is Cl.Cl.NCC1(NC(=O)CCc2ccncc2)CCCC1. The van der Waals surface area contributed by atoms with Gasteiger partial charge >= 0.3 is 0 Å². The van der Waals surface area contributed by atoms with Crippen molar-refractivity contribution in [3.05, 3.63) is 30.1 Å². The van der Waals surface area contributed by atoms with Crippen molar-refractivity contribution in [2.24, 2.45) is 5.73 Å². The first kappa shape index (κ1) is 19.2. The van der Waals surface area contributed by atoms with Gasteiger partial charge in [-0.15, -0.1) is 24.8 Å². The number of rotatable bonds is 5. The quantitative estimate of drug-likeness (QED) is 0.874. The van der Waals surface area contributed by atoms with Gasteiger partial charge in [-0.2, -0.15) is 0 Å². The van der Waals surface area contributed by atoms with E-state index in [2.05, 4.69) is 10.3 Å². The summed E-state index contributed by atoms with van der Waals surface area (Å²) in [4.78, 5) is 15.9. The molecule has 1 aliphatic carbocycles. The molecule has 1 aromatic rings. The van der Waals surface area contributed by atoms with Crippen molar-refractivity contribution >= 4 is 30.7 Å². The minimum Gasteiger partial charge on any atom is -0.349 e. The Morgan fingerprint density at radius 1 is 1.25 bits per heavy atom. The maximum absolute atomic E-state index is 12.0. The van der Waals surface area contributed by atoms with Gasteiger partial charge in [-0.05, 0) is 37.0 Å². The number of aromatic nitrogens is 1. The summed E-state index contributed by atoms with van der Waals surface area (Å²) in [5.41, 5.74) is 6.82. The third-order valence-corrected chi connectivity index (χ3v) is 3.75. The summed E-state index contributed by atoms with van der Waals surface area (Å²) < 4.78 is 0. The number of carbonyl (C=O) groups excluding carboxylic acids is 1. The van der Waals surface area contributed by atoms with Crippen LogP contribution in [-0.4, -0.2) is 23.0 Å². The molecule has 0 aromatic carbocycles. The number of amides is 1. The molecule has 114 valence electrons. The Bertz CT molecular complexity index is 395. The lowest BCUT2D eigenvalue weighted by atomic mass is 9.97. The van der Waals surface area contributed by atoms with Crippen LogP contribution < -0.4 is 11.1 Å². The second-order valence-corrected chi connectivity index (χ2v) is 5.10. The van der Waals surface area contributed by atoms with Gasteiger partial charge in [-0.25, -0.2) is 0 Å². The Hall–Kier alpha value is -0.840. The number of nitrogens with two attached hydrogens (primary N) is 1. The maximum atomic E-state index is 12.0. The van der Waals surface area contributed by atoms with Gasteiger partial charge in [-0.1, -0.05) is 12.8 Å². The topological polar surface area (TPSA) is 68.0 Å². The van der Waals surface area contributed by atoms with Crippen molar-refractivity contribution in [1.29, 1.82) is 0 Å². The van der Waals surface area contributed by atoms with Crippen LogP contribution in [0.25, 0.3) is 0 Å². The van der Waals surface area contributed by atoms with Gasteiger partial charge in [0.15, 0.2) is 0 Å². The van der Waals surface area contributed by atoms with Crippen LogP contribution in [0.2, 0.25) is 0 Å². The van der Waals surface area contributed by atoms with Crippen molar-refractivity contribution in [1.82, 2.24) is 10.3 Å². The summed E-state index contributed by atoms with van der Waals surface area (Å²) in [6, 6.07) is 3.89. The summed E-state index contributed by atoms with van der Waals surface area (Å²) >= 11 is 0. The van der Waals surface area contributed by atoms with Gasteiger partial charge in [-0.3, -0.25) is 9.78 Å². The maximum Gasteiger partial charge on any atom is 0.220 e. The van der Waals surface area contributed by atoms with Crippen LogP contribution >= 0.6 is 24.8 Å². The lowest BCUT2D eigenvalue weighted by Gasteiger charge is -2.28. The van der Waals surface area contributed by atoms with Crippen molar-refractivity contribution in [2.45, 2.75) is 44.1 Å². The Balaban J connectivity index is 0.00000180. The highest BCUT2D eigenvalue weighted by atomic mass is 35.5. The van der Waals surface area contributed by atoms with Crippen molar-refractivity contribution in [3.8, 4) is 0 Å². The van der Waals surface area contributed by atoms with Crippen molar-refractivity contribution in [3.63, 3.8) is 0 Å². The van der Waals surface area contributed by atoms with E-state index in [1.54, 1.807) is 12.4 Å². The van der Waals surface area contributed by atoms with Gasteiger partial charge in [0, 0.05) is 25.4 Å². The predicted octanol–water partition coefficient (Wildman–Crippen LogP) is 2.25. The molecule has 6 heteroatoms. The molecule has 1 aromatic heterocycles. The van der Waals surface area contributed by atoms with E-state index in [4.69, 9.17) is 5.73 Å². The number of pyridine rings is 1. The average Bonchev–Trinajstić information content (AvgIpc) is 2.87. The van der Waals surface area contributed by atoms with Crippen LogP contribution in [0.4, 0.5) is 0 Å². The molecule has 2 rings (SSSR count). The van der Waals surface area contributed by atoms with Crippen molar-refractivity contribution in [2.75, 3.05) is 6.54 Å². The van der Waals surface area contributed by atoms with E-state index in [0.717, 1.165) is 24.8 Å². The molecule has 0 atom stereocenters. The number of carbonyl (C=O) groups is 1. The Morgan fingerprint density at radius 3 is 2.40 bits per heavy atom. The fourth-order valence-electron chi connectivity index (χ4n) is 2.60. The largest absolute Gasteiger partial charge is 0.349 e.